The Morgan fingerprint density at radius 2 is 1.81 bits per heavy atom. The van der Waals surface area contributed by atoms with E-state index in [1.165, 1.54) is 12.1 Å². The van der Waals surface area contributed by atoms with Gasteiger partial charge in [0.05, 0.1) is 11.1 Å². The number of hydrogen-bond acceptors (Lipinski definition) is 4. The van der Waals surface area contributed by atoms with Crippen molar-refractivity contribution in [3.63, 3.8) is 0 Å². The van der Waals surface area contributed by atoms with Gasteiger partial charge < -0.3 is 9.26 Å². The summed E-state index contributed by atoms with van der Waals surface area (Å²) in [4.78, 5) is 4.29. The number of aromatic nitrogens is 3. The van der Waals surface area contributed by atoms with Gasteiger partial charge in [0, 0.05) is 6.20 Å². The van der Waals surface area contributed by atoms with Crippen molar-refractivity contribution in [2.24, 2.45) is 0 Å². The number of rotatable bonds is 4. The Bertz CT molecular complexity index is 1080. The van der Waals surface area contributed by atoms with E-state index in [0.29, 0.717) is 11.4 Å². The largest absolute Gasteiger partial charge is 0.573 e. The molecule has 0 fully saturated rings. The van der Waals surface area contributed by atoms with Gasteiger partial charge in [0.15, 0.2) is 11.4 Å². The fourth-order valence-corrected chi connectivity index (χ4v) is 2.80. The van der Waals surface area contributed by atoms with Crippen LogP contribution < -0.4 is 4.74 Å². The second-order valence-electron chi connectivity index (χ2n) is 5.92. The molecule has 0 bridgehead atoms. The minimum atomic E-state index is -4.71. The van der Waals surface area contributed by atoms with Crippen molar-refractivity contribution in [3.05, 3.63) is 60.7 Å². The van der Waals surface area contributed by atoms with Crippen LogP contribution in [0.3, 0.4) is 0 Å². The third-order valence-corrected chi connectivity index (χ3v) is 4.12. The van der Waals surface area contributed by atoms with E-state index < -0.39 is 6.36 Å². The minimum Gasteiger partial charge on any atom is -0.406 e. The Kier molecular flexibility index (Phi) is 4.10. The summed E-state index contributed by atoms with van der Waals surface area (Å²) in [6, 6.07) is 11.2. The van der Waals surface area contributed by atoms with Crippen LogP contribution >= 0.6 is 0 Å². The highest BCUT2D eigenvalue weighted by Crippen LogP contribution is 2.30. The first-order valence-corrected chi connectivity index (χ1v) is 8.22. The molecule has 0 radical (unpaired) electrons. The molecule has 0 amide bonds. The molecule has 0 aliphatic heterocycles. The zero-order valence-electron chi connectivity index (χ0n) is 14.2. The predicted molar refractivity (Wildman–Crippen MR) is 92.6 cm³/mol. The van der Waals surface area contributed by atoms with Crippen molar-refractivity contribution in [2.75, 3.05) is 0 Å². The van der Waals surface area contributed by atoms with Gasteiger partial charge in [-0.05, 0) is 41.8 Å². The van der Waals surface area contributed by atoms with Gasteiger partial charge in [0.2, 0.25) is 0 Å². The van der Waals surface area contributed by atoms with Crippen LogP contribution in [0.5, 0.6) is 5.75 Å². The van der Waals surface area contributed by atoms with Gasteiger partial charge in [0.25, 0.3) is 0 Å². The highest BCUT2D eigenvalue weighted by molar-refractivity contribution is 5.88. The van der Waals surface area contributed by atoms with Gasteiger partial charge in [-0.25, -0.2) is 4.98 Å². The first-order valence-electron chi connectivity index (χ1n) is 8.22. The van der Waals surface area contributed by atoms with Crippen molar-refractivity contribution in [3.8, 4) is 22.7 Å². The molecule has 138 valence electrons. The second-order valence-corrected chi connectivity index (χ2v) is 5.92. The van der Waals surface area contributed by atoms with Crippen molar-refractivity contribution in [1.29, 1.82) is 0 Å². The standard InChI is InChI=1S/C19H14F3N3O2/c1-2-14-10-25(11-23-14)18-16-9-13(5-8-17(16)27-24-18)12-3-6-15(7-4-12)26-19(20,21)22/h3-11H,2H2,1H3. The molecule has 27 heavy (non-hydrogen) atoms. The summed E-state index contributed by atoms with van der Waals surface area (Å²) in [5.41, 5.74) is 3.11. The van der Waals surface area contributed by atoms with Crippen LogP contribution in [0, 0.1) is 0 Å². The van der Waals surface area contributed by atoms with Crippen LogP contribution in [-0.2, 0) is 6.42 Å². The number of halogens is 3. The van der Waals surface area contributed by atoms with Crippen molar-refractivity contribution >= 4 is 11.0 Å². The number of aryl methyl sites for hydroxylation is 1. The first-order chi connectivity index (χ1) is 12.9. The summed E-state index contributed by atoms with van der Waals surface area (Å²) in [6.07, 6.45) is -0.348. The van der Waals surface area contributed by atoms with Crippen molar-refractivity contribution < 1.29 is 22.4 Å². The van der Waals surface area contributed by atoms with Crippen molar-refractivity contribution in [1.82, 2.24) is 14.7 Å². The Balaban J connectivity index is 1.69. The number of benzene rings is 2. The monoisotopic (exact) mass is 373 g/mol. The molecule has 0 saturated carbocycles. The van der Waals surface area contributed by atoms with E-state index in [2.05, 4.69) is 14.9 Å². The van der Waals surface area contributed by atoms with Crippen LogP contribution in [0.25, 0.3) is 27.9 Å². The maximum atomic E-state index is 12.3. The Morgan fingerprint density at radius 1 is 1.07 bits per heavy atom. The third kappa shape index (κ3) is 3.51. The smallest absolute Gasteiger partial charge is 0.406 e. The fraction of sp³-hybridized carbons (Fsp3) is 0.158. The molecule has 0 spiro atoms. The van der Waals surface area contributed by atoms with Gasteiger partial charge >= 0.3 is 6.36 Å². The molecule has 0 unspecified atom stereocenters. The molecule has 5 nitrogen and oxygen atoms in total. The molecule has 2 aromatic carbocycles. The zero-order valence-corrected chi connectivity index (χ0v) is 14.2. The topological polar surface area (TPSA) is 53.1 Å². The van der Waals surface area contributed by atoms with Crippen LogP contribution in [0.1, 0.15) is 12.6 Å². The average molecular weight is 373 g/mol. The molecule has 0 N–H and O–H groups in total. The summed E-state index contributed by atoms with van der Waals surface area (Å²) < 4.78 is 47.9. The van der Waals surface area contributed by atoms with E-state index in [4.69, 9.17) is 4.52 Å². The molecule has 4 aromatic rings. The maximum Gasteiger partial charge on any atom is 0.573 e. The van der Waals surface area contributed by atoms with Crippen LogP contribution in [0.4, 0.5) is 13.2 Å². The average Bonchev–Trinajstić information content (AvgIpc) is 3.26. The lowest BCUT2D eigenvalue weighted by molar-refractivity contribution is -0.274. The molecule has 0 aliphatic carbocycles. The van der Waals surface area contributed by atoms with Crippen LogP contribution in [0.2, 0.25) is 0 Å². The number of fused-ring (bicyclic) bond motifs is 1. The molecule has 2 heterocycles. The number of alkyl halides is 3. The van der Waals surface area contributed by atoms with Crippen LogP contribution in [-0.4, -0.2) is 21.1 Å². The number of hydrogen-bond donors (Lipinski definition) is 0. The SMILES string of the molecule is CCc1cn(-c2noc3ccc(-c4ccc(OC(F)(F)F)cc4)cc23)cn1. The predicted octanol–water partition coefficient (Wildman–Crippen LogP) is 5.14. The highest BCUT2D eigenvalue weighted by Gasteiger charge is 2.30. The number of ether oxygens (including phenoxy) is 1. The van der Waals surface area contributed by atoms with E-state index in [-0.39, 0.29) is 5.75 Å². The molecule has 0 atom stereocenters. The quantitative estimate of drug-likeness (QED) is 0.497. The lowest BCUT2D eigenvalue weighted by atomic mass is 10.0. The lowest BCUT2D eigenvalue weighted by Gasteiger charge is -2.09. The molecular weight excluding hydrogens is 359 g/mol. The van der Waals surface area contributed by atoms with Gasteiger partial charge in [0.1, 0.15) is 12.1 Å². The molecular formula is C19H14F3N3O2. The molecule has 0 saturated heterocycles. The van der Waals surface area contributed by atoms with E-state index in [9.17, 15) is 13.2 Å². The van der Waals surface area contributed by atoms with Crippen LogP contribution in [0.15, 0.2) is 59.5 Å². The normalized spacial score (nSPS) is 11.9. The summed E-state index contributed by atoms with van der Waals surface area (Å²) in [5.74, 6) is 0.347. The van der Waals surface area contributed by atoms with E-state index in [1.807, 2.05) is 25.3 Å². The Labute approximate surface area is 152 Å². The zero-order chi connectivity index (χ0) is 19.0. The highest BCUT2D eigenvalue weighted by atomic mass is 19.4. The van der Waals surface area contributed by atoms with Crippen molar-refractivity contribution in [2.45, 2.75) is 19.7 Å². The maximum absolute atomic E-state index is 12.3. The van der Waals surface area contributed by atoms with Gasteiger partial charge in [-0.2, -0.15) is 0 Å². The molecule has 2 aromatic heterocycles. The molecule has 8 heteroatoms. The lowest BCUT2D eigenvalue weighted by Crippen LogP contribution is -2.16. The number of imidazole rings is 1. The van der Waals surface area contributed by atoms with E-state index >= 15 is 0 Å². The summed E-state index contributed by atoms with van der Waals surface area (Å²) in [7, 11) is 0. The van der Waals surface area contributed by atoms with Gasteiger partial charge in [-0.15, -0.1) is 13.2 Å². The molecule has 4 rings (SSSR count). The minimum absolute atomic E-state index is 0.261. The third-order valence-electron chi connectivity index (χ3n) is 4.12. The fourth-order valence-electron chi connectivity index (χ4n) is 2.80. The van der Waals surface area contributed by atoms with Gasteiger partial charge in [-0.1, -0.05) is 30.3 Å². The van der Waals surface area contributed by atoms with E-state index in [0.717, 1.165) is 28.6 Å². The Morgan fingerprint density at radius 3 is 2.48 bits per heavy atom. The van der Waals surface area contributed by atoms with E-state index in [1.54, 1.807) is 29.1 Å². The summed E-state index contributed by atoms with van der Waals surface area (Å²) >= 11 is 0. The molecule has 0 aliphatic rings. The first kappa shape index (κ1) is 17.1. The second kappa shape index (κ2) is 6.46. The summed E-state index contributed by atoms with van der Waals surface area (Å²) in [6.45, 7) is 2.01. The number of nitrogens with zero attached hydrogens (tertiary/aromatic N) is 3. The van der Waals surface area contributed by atoms with Gasteiger partial charge in [-0.3, -0.25) is 4.57 Å². The Hall–Kier alpha value is -3.29. The summed E-state index contributed by atoms with van der Waals surface area (Å²) in [5, 5.41) is 4.89.